The molecule has 0 spiro atoms. The molecule has 0 bridgehead atoms. The summed E-state index contributed by atoms with van der Waals surface area (Å²) in [4.78, 5) is 46.3. The molecular weight excluding hydrogens is 964 g/mol. The molecule has 69 heavy (non-hydrogen) atoms. The minimum absolute atomic E-state index is 0. The van der Waals surface area contributed by atoms with Crippen molar-refractivity contribution in [2.75, 3.05) is 67.3 Å². The molecule has 2 aliphatic rings. The molecule has 2 heterocycles. The number of ether oxygens (including phenoxy) is 4. The van der Waals surface area contributed by atoms with Crippen molar-refractivity contribution in [1.29, 1.82) is 0 Å². The summed E-state index contributed by atoms with van der Waals surface area (Å²) in [6, 6.07) is 14.7. The highest BCUT2D eigenvalue weighted by atomic mass is 35.5. The topological polar surface area (TPSA) is 179 Å². The molecule has 0 radical (unpaired) electrons. The first-order valence-corrected chi connectivity index (χ1v) is 23.4. The molecule has 4 N–H and O–H groups in total. The second-order valence-corrected chi connectivity index (χ2v) is 19.0. The number of amides is 2. The Hall–Kier alpha value is -5.58. The van der Waals surface area contributed by atoms with E-state index in [9.17, 15) is 9.59 Å². The smallest absolute Gasteiger partial charge is 0.225 e. The minimum Gasteiger partial charge on any atom is -0.495 e. The lowest BCUT2D eigenvalue weighted by Crippen LogP contribution is -2.35. The molecule has 0 aliphatic heterocycles. The van der Waals surface area contributed by atoms with Gasteiger partial charge < -0.3 is 45.1 Å². The number of hydrogen-bond acceptors (Lipinski definition) is 13. The van der Waals surface area contributed by atoms with Crippen molar-refractivity contribution in [3.8, 4) is 45.3 Å². The van der Waals surface area contributed by atoms with E-state index in [1.54, 1.807) is 76.7 Å². The Morgan fingerprint density at radius 1 is 0.594 bits per heavy atom. The van der Waals surface area contributed by atoms with Gasteiger partial charge in [0.25, 0.3) is 0 Å². The Bertz CT molecular complexity index is 2610. The minimum atomic E-state index is -0.150. The average Bonchev–Trinajstić information content (AvgIpc) is 3.88. The lowest BCUT2D eigenvalue weighted by molar-refractivity contribution is -0.133. The van der Waals surface area contributed by atoms with Crippen LogP contribution in [-0.2, 0) is 9.59 Å². The fourth-order valence-electron chi connectivity index (χ4n) is 8.95. The van der Waals surface area contributed by atoms with E-state index in [-0.39, 0.29) is 49.2 Å². The van der Waals surface area contributed by atoms with Crippen molar-refractivity contribution in [2.24, 2.45) is 23.5 Å². The molecule has 6 aromatic rings. The highest BCUT2D eigenvalue weighted by Gasteiger charge is 2.38. The summed E-state index contributed by atoms with van der Waals surface area (Å²) in [5.41, 5.74) is 10.6. The van der Waals surface area contributed by atoms with Crippen molar-refractivity contribution < 1.29 is 28.5 Å². The van der Waals surface area contributed by atoms with Crippen LogP contribution < -0.4 is 35.3 Å². The van der Waals surface area contributed by atoms with Crippen LogP contribution in [0.15, 0.2) is 60.9 Å². The van der Waals surface area contributed by atoms with Crippen LogP contribution in [-0.4, -0.2) is 116 Å². The van der Waals surface area contributed by atoms with Crippen LogP contribution in [0.4, 0.5) is 11.9 Å². The Morgan fingerprint density at radius 3 is 1.36 bits per heavy atom. The normalized spacial score (nSPS) is 19.5. The number of rotatable bonds is 12. The summed E-state index contributed by atoms with van der Waals surface area (Å²) < 4.78 is 21.5. The first-order chi connectivity index (χ1) is 32.5. The monoisotopic (exact) mass is 1020 g/mol. The van der Waals surface area contributed by atoms with E-state index in [1.807, 2.05) is 36.4 Å². The molecule has 0 saturated heterocycles. The second kappa shape index (κ2) is 22.4. The number of nitrogens with two attached hydrogens (primary N) is 1. The van der Waals surface area contributed by atoms with Crippen LogP contribution in [0.1, 0.15) is 40.0 Å². The molecule has 2 amide bonds. The molecule has 2 aromatic heterocycles. The number of methoxy groups -OCH3 is 4. The van der Waals surface area contributed by atoms with Gasteiger partial charge in [-0.3, -0.25) is 9.59 Å². The number of aromatic nitrogens is 4. The van der Waals surface area contributed by atoms with Crippen LogP contribution in [0.25, 0.3) is 44.1 Å². The summed E-state index contributed by atoms with van der Waals surface area (Å²) >= 11 is 26.3. The lowest BCUT2D eigenvalue weighted by atomic mass is 10.0. The van der Waals surface area contributed by atoms with Gasteiger partial charge in [-0.2, -0.15) is 0 Å². The Labute approximate surface area is 423 Å². The number of fused-ring (bicyclic) bond motifs is 2. The van der Waals surface area contributed by atoms with E-state index in [0.29, 0.717) is 84.9 Å². The van der Waals surface area contributed by atoms with Gasteiger partial charge in [0.05, 0.1) is 59.6 Å². The van der Waals surface area contributed by atoms with Crippen molar-refractivity contribution in [1.82, 2.24) is 29.7 Å². The predicted molar refractivity (Wildman–Crippen MR) is 278 cm³/mol. The van der Waals surface area contributed by atoms with Gasteiger partial charge in [-0.05, 0) is 67.0 Å². The number of nitrogens with one attached hydrogen (secondary N) is 2. The average molecular weight is 1020 g/mol. The maximum atomic E-state index is 12.4. The molecule has 2 saturated carbocycles. The molecule has 15 nitrogen and oxygen atoms in total. The van der Waals surface area contributed by atoms with Crippen LogP contribution in [0.3, 0.4) is 0 Å². The quantitative estimate of drug-likeness (QED) is 0.106. The highest BCUT2D eigenvalue weighted by Crippen LogP contribution is 2.48. The van der Waals surface area contributed by atoms with Gasteiger partial charge in [-0.15, -0.1) is 0 Å². The third kappa shape index (κ3) is 11.2. The summed E-state index contributed by atoms with van der Waals surface area (Å²) in [5.74, 6) is 3.46. The first-order valence-electron chi connectivity index (χ1n) is 21.9. The molecule has 4 aromatic carbocycles. The van der Waals surface area contributed by atoms with Gasteiger partial charge in [-0.1, -0.05) is 72.9 Å². The van der Waals surface area contributed by atoms with Crippen molar-refractivity contribution in [3.63, 3.8) is 0 Å². The van der Waals surface area contributed by atoms with Crippen molar-refractivity contribution in [3.05, 3.63) is 81.0 Å². The molecule has 6 atom stereocenters. The number of hydrogen-bond donors (Lipinski definition) is 3. The zero-order valence-electron chi connectivity index (χ0n) is 39.3. The van der Waals surface area contributed by atoms with Gasteiger partial charge in [0.1, 0.15) is 23.0 Å². The largest absolute Gasteiger partial charge is 0.495 e. The maximum absolute atomic E-state index is 12.4. The zero-order chi connectivity index (χ0) is 49.1. The number of nitrogens with zero attached hydrogens (tertiary/aromatic N) is 6. The number of anilines is 2. The molecule has 368 valence electrons. The van der Waals surface area contributed by atoms with E-state index < -0.39 is 0 Å². The van der Waals surface area contributed by atoms with Gasteiger partial charge in [0.2, 0.25) is 23.7 Å². The summed E-state index contributed by atoms with van der Waals surface area (Å²) in [7, 11) is 13.3. The van der Waals surface area contributed by atoms with Gasteiger partial charge in [0.15, 0.2) is 0 Å². The van der Waals surface area contributed by atoms with Gasteiger partial charge in [0, 0.05) is 105 Å². The summed E-state index contributed by atoms with van der Waals surface area (Å²) in [5, 5.41) is 10.00. The Morgan fingerprint density at radius 2 is 0.971 bits per heavy atom. The number of benzene rings is 4. The standard InChI is InChI=1S/C25H28Cl2N4O3.C24H27Cl2N5O3.CH4/c1-13-8-15(24(32)31(2)3)10-18(13)30-25-28-12-16-9-14(6-7-17(16)29-25)21-22(26)19(33-4)11-20(34-5)23(21)27;1-31(2)23(32)13-8-15(27)17(9-13)30-24-28-11-14-7-12(5-6-16(14)29-24)20-21(25)18(33-3)10-19(34-4)22(20)26;/h6-7,9,11-13,15,18H,8,10H2,1-5H3,(H,28,29,30);5-7,10-11,13,15,17H,8-9,27H2,1-4H3,(H,28,29,30);1H4/t13?,15-,18?;13-,15?,17?;/m11./s1. The summed E-state index contributed by atoms with van der Waals surface area (Å²) in [6.45, 7) is 2.16. The first kappa shape index (κ1) is 52.8. The number of carbonyl (C=O) groups excluding carboxylic acids is 2. The van der Waals surface area contributed by atoms with Gasteiger partial charge >= 0.3 is 0 Å². The molecular formula is C50H59Cl4N9O6. The maximum Gasteiger partial charge on any atom is 0.225 e. The van der Waals surface area contributed by atoms with E-state index in [0.717, 1.165) is 45.8 Å². The number of halogens is 4. The fourth-order valence-corrected chi connectivity index (χ4v) is 10.4. The predicted octanol–water partition coefficient (Wildman–Crippen LogP) is 10.4. The van der Waals surface area contributed by atoms with Gasteiger partial charge in [-0.25, -0.2) is 19.9 Å². The SMILES string of the molecule is C.COc1cc(OC)c(Cl)c(-c2ccc3nc(NC4C[C@H](C(=O)N(C)C)CC4C)ncc3c2)c1Cl.COc1cc(OC)c(Cl)c(-c2ccc3nc(NC4C[C@H](C(=O)N(C)C)CC4N)ncc3c2)c1Cl. The van der Waals surface area contributed by atoms with E-state index in [2.05, 4.69) is 32.5 Å². The van der Waals surface area contributed by atoms with Crippen molar-refractivity contribution in [2.45, 2.75) is 58.2 Å². The molecule has 2 fully saturated rings. The van der Waals surface area contributed by atoms with E-state index in [4.69, 9.17) is 76.1 Å². The second-order valence-electron chi connectivity index (χ2n) is 17.4. The molecule has 8 rings (SSSR count). The lowest BCUT2D eigenvalue weighted by Gasteiger charge is -2.18. The molecule has 19 heteroatoms. The zero-order valence-corrected chi connectivity index (χ0v) is 42.3. The summed E-state index contributed by atoms with van der Waals surface area (Å²) in [6.07, 6.45) is 6.42. The fraction of sp³-hybridized carbons (Fsp3) is 0.400. The Balaban J connectivity index is 0.000000224. The third-order valence-corrected chi connectivity index (χ3v) is 14.1. The van der Waals surface area contributed by atoms with Crippen LogP contribution in [0, 0.1) is 17.8 Å². The number of carbonyl (C=O) groups is 2. The van der Waals surface area contributed by atoms with Crippen LogP contribution in [0.2, 0.25) is 20.1 Å². The Kier molecular flexibility index (Phi) is 17.2. The van der Waals surface area contributed by atoms with Crippen LogP contribution in [0.5, 0.6) is 23.0 Å². The van der Waals surface area contributed by atoms with E-state index in [1.165, 1.54) is 14.2 Å². The molecule has 4 unspecified atom stereocenters. The van der Waals surface area contributed by atoms with Crippen LogP contribution >= 0.6 is 46.4 Å². The van der Waals surface area contributed by atoms with E-state index >= 15 is 0 Å². The molecule has 2 aliphatic carbocycles. The highest BCUT2D eigenvalue weighted by molar-refractivity contribution is 6.42. The third-order valence-electron chi connectivity index (χ3n) is 12.6. The van der Waals surface area contributed by atoms with Crippen molar-refractivity contribution >= 4 is 91.9 Å².